The number of carbonyl (C=O) groups is 1. The molecule has 2 rings (SSSR count). The number of hydrogen-bond donors (Lipinski definition) is 0. The molecule has 1 aliphatic rings. The van der Waals surface area contributed by atoms with Crippen molar-refractivity contribution < 1.29 is 18.8 Å². The van der Waals surface area contributed by atoms with Crippen LogP contribution in [-0.4, -0.2) is 31.4 Å². The first-order valence-electron chi connectivity index (χ1n) is 8.63. The van der Waals surface area contributed by atoms with Crippen LogP contribution >= 0.6 is 0 Å². The Morgan fingerprint density at radius 2 is 1.44 bits per heavy atom. The summed E-state index contributed by atoms with van der Waals surface area (Å²) >= 11 is 0. The zero-order chi connectivity index (χ0) is 19.0. The molecule has 0 spiro atoms. The fourth-order valence-corrected chi connectivity index (χ4v) is 2.64. The first kappa shape index (κ1) is 19.7. The van der Waals surface area contributed by atoms with Crippen LogP contribution in [0, 0.1) is 5.41 Å². The lowest BCUT2D eigenvalue weighted by molar-refractivity contribution is 0.00578. The molecule has 5 heteroatoms. The fourth-order valence-electron chi connectivity index (χ4n) is 2.64. The average Bonchev–Trinajstić information content (AvgIpc) is 2.71. The zero-order valence-electron chi connectivity index (χ0n) is 16.6. The predicted octanol–water partition coefficient (Wildman–Crippen LogP) is 4.53. The van der Waals surface area contributed by atoms with Gasteiger partial charge < -0.3 is 14.0 Å². The monoisotopic (exact) mass is 344 g/mol. The molecule has 1 fully saturated rings. The SMILES string of the molecule is COC(=O)c1ccc(/C(=C\C(C)(C)C)B2OC(C)(C)C(C)(C)O2)cc1. The van der Waals surface area contributed by atoms with E-state index in [1.165, 1.54) is 7.11 Å². The molecular formula is C20H29BO4. The minimum atomic E-state index is -0.451. The molecule has 136 valence electrons. The molecule has 0 bridgehead atoms. The molecule has 1 heterocycles. The normalized spacial score (nSPS) is 19.8. The molecule has 0 radical (unpaired) electrons. The van der Waals surface area contributed by atoms with Gasteiger partial charge in [-0.05, 0) is 56.3 Å². The highest BCUT2D eigenvalue weighted by molar-refractivity contribution is 6.69. The van der Waals surface area contributed by atoms with Crippen LogP contribution in [0.25, 0.3) is 5.47 Å². The van der Waals surface area contributed by atoms with Gasteiger partial charge in [0.25, 0.3) is 0 Å². The largest absolute Gasteiger partial charge is 0.495 e. The van der Waals surface area contributed by atoms with Crippen molar-refractivity contribution in [2.24, 2.45) is 5.41 Å². The molecule has 1 aromatic carbocycles. The Balaban J connectivity index is 2.42. The minimum Gasteiger partial charge on any atom is -0.465 e. The molecule has 1 saturated heterocycles. The number of carbonyl (C=O) groups excluding carboxylic acids is 1. The van der Waals surface area contributed by atoms with E-state index in [2.05, 4.69) is 26.8 Å². The van der Waals surface area contributed by atoms with Crippen LogP contribution in [0.2, 0.25) is 0 Å². The summed E-state index contributed by atoms with van der Waals surface area (Å²) < 4.78 is 17.3. The Morgan fingerprint density at radius 3 is 1.84 bits per heavy atom. The zero-order valence-corrected chi connectivity index (χ0v) is 16.6. The third kappa shape index (κ3) is 4.34. The molecule has 0 aromatic heterocycles. The van der Waals surface area contributed by atoms with Crippen LogP contribution in [0.5, 0.6) is 0 Å². The number of esters is 1. The van der Waals surface area contributed by atoms with Crippen molar-refractivity contribution in [3.8, 4) is 0 Å². The summed E-state index contributed by atoms with van der Waals surface area (Å²) in [4.78, 5) is 11.7. The Hall–Kier alpha value is -1.59. The van der Waals surface area contributed by atoms with Gasteiger partial charge in [-0.3, -0.25) is 0 Å². The maximum Gasteiger partial charge on any atom is 0.495 e. The summed E-state index contributed by atoms with van der Waals surface area (Å²) in [6.07, 6.45) is 2.17. The summed E-state index contributed by atoms with van der Waals surface area (Å²) in [6, 6.07) is 7.36. The molecule has 1 aliphatic heterocycles. The number of allylic oxidation sites excluding steroid dienone is 1. The van der Waals surface area contributed by atoms with Gasteiger partial charge in [0.1, 0.15) is 0 Å². The molecule has 0 aliphatic carbocycles. The standard InChI is InChI=1S/C20H29BO4/c1-18(2,3)13-16(21-24-19(4,5)20(6,7)25-21)14-9-11-15(12-10-14)17(22)23-8/h9-13H,1-8H3/b16-13+. The van der Waals surface area contributed by atoms with Crippen molar-refractivity contribution >= 4 is 18.6 Å². The van der Waals surface area contributed by atoms with Gasteiger partial charge in [0.15, 0.2) is 0 Å². The maximum absolute atomic E-state index is 11.7. The van der Waals surface area contributed by atoms with E-state index in [1.54, 1.807) is 12.1 Å². The Labute approximate surface area is 151 Å². The highest BCUT2D eigenvalue weighted by atomic mass is 16.7. The molecule has 0 unspecified atom stereocenters. The molecule has 25 heavy (non-hydrogen) atoms. The van der Waals surface area contributed by atoms with Gasteiger partial charge in [-0.1, -0.05) is 39.0 Å². The number of rotatable bonds is 3. The molecule has 0 atom stereocenters. The number of hydrogen-bond acceptors (Lipinski definition) is 4. The van der Waals surface area contributed by atoms with Gasteiger partial charge in [-0.25, -0.2) is 4.79 Å². The second-order valence-electron chi connectivity index (χ2n) is 8.62. The van der Waals surface area contributed by atoms with E-state index in [9.17, 15) is 4.79 Å². The summed E-state index contributed by atoms with van der Waals surface area (Å²) in [5, 5.41) is 0. The Kier molecular flexibility index (Phi) is 5.22. The molecule has 0 N–H and O–H groups in total. The van der Waals surface area contributed by atoms with E-state index in [0.717, 1.165) is 11.0 Å². The average molecular weight is 344 g/mol. The smallest absolute Gasteiger partial charge is 0.465 e. The van der Waals surface area contributed by atoms with Gasteiger partial charge in [0.05, 0.1) is 23.9 Å². The van der Waals surface area contributed by atoms with Crippen LogP contribution in [0.3, 0.4) is 0 Å². The lowest BCUT2D eigenvalue weighted by atomic mass is 9.71. The van der Waals surface area contributed by atoms with Crippen molar-refractivity contribution in [3.63, 3.8) is 0 Å². The second kappa shape index (κ2) is 6.62. The number of methoxy groups -OCH3 is 1. The summed E-state index contributed by atoms with van der Waals surface area (Å²) in [6.45, 7) is 14.6. The first-order valence-corrected chi connectivity index (χ1v) is 8.63. The highest BCUT2D eigenvalue weighted by Crippen LogP contribution is 2.41. The molecule has 4 nitrogen and oxygen atoms in total. The Morgan fingerprint density at radius 1 is 1.00 bits per heavy atom. The van der Waals surface area contributed by atoms with Gasteiger partial charge >= 0.3 is 13.1 Å². The summed E-state index contributed by atoms with van der Waals surface area (Å²) in [7, 11) is 0.930. The predicted molar refractivity (Wildman–Crippen MR) is 101 cm³/mol. The lowest BCUT2D eigenvalue weighted by Crippen LogP contribution is -2.41. The van der Waals surface area contributed by atoms with E-state index in [1.807, 2.05) is 39.8 Å². The van der Waals surface area contributed by atoms with Gasteiger partial charge in [0.2, 0.25) is 0 Å². The number of benzene rings is 1. The van der Waals surface area contributed by atoms with Crippen LogP contribution in [0.1, 0.15) is 64.4 Å². The van der Waals surface area contributed by atoms with Gasteiger partial charge in [0, 0.05) is 0 Å². The molecule has 1 aromatic rings. The second-order valence-corrected chi connectivity index (χ2v) is 8.62. The number of ether oxygens (including phenoxy) is 1. The van der Waals surface area contributed by atoms with Crippen molar-refractivity contribution in [1.29, 1.82) is 0 Å². The third-order valence-corrected chi connectivity index (χ3v) is 4.74. The molecular weight excluding hydrogens is 315 g/mol. The first-order chi connectivity index (χ1) is 11.4. The van der Waals surface area contributed by atoms with Crippen LogP contribution in [0.15, 0.2) is 30.3 Å². The molecule has 0 amide bonds. The quantitative estimate of drug-likeness (QED) is 0.597. The van der Waals surface area contributed by atoms with Crippen molar-refractivity contribution in [2.45, 2.75) is 59.7 Å². The minimum absolute atomic E-state index is 0.0417. The van der Waals surface area contributed by atoms with E-state index in [0.29, 0.717) is 5.56 Å². The van der Waals surface area contributed by atoms with Gasteiger partial charge in [-0.2, -0.15) is 0 Å². The van der Waals surface area contributed by atoms with E-state index >= 15 is 0 Å². The van der Waals surface area contributed by atoms with E-state index < -0.39 is 18.3 Å². The van der Waals surface area contributed by atoms with Crippen LogP contribution in [0.4, 0.5) is 0 Å². The fraction of sp³-hybridized carbons (Fsp3) is 0.550. The topological polar surface area (TPSA) is 44.8 Å². The highest BCUT2D eigenvalue weighted by Gasteiger charge is 2.52. The maximum atomic E-state index is 11.7. The van der Waals surface area contributed by atoms with Gasteiger partial charge in [-0.15, -0.1) is 0 Å². The lowest BCUT2D eigenvalue weighted by Gasteiger charge is -2.32. The summed E-state index contributed by atoms with van der Waals surface area (Å²) in [5.74, 6) is -0.344. The van der Waals surface area contributed by atoms with Crippen molar-refractivity contribution in [3.05, 3.63) is 41.5 Å². The molecule has 0 saturated carbocycles. The summed E-state index contributed by atoms with van der Waals surface area (Å²) in [5.41, 5.74) is 1.63. The Bertz CT molecular complexity index is 650. The van der Waals surface area contributed by atoms with Crippen LogP contribution in [-0.2, 0) is 14.0 Å². The van der Waals surface area contributed by atoms with Crippen LogP contribution < -0.4 is 0 Å². The van der Waals surface area contributed by atoms with Crippen molar-refractivity contribution in [1.82, 2.24) is 0 Å². The van der Waals surface area contributed by atoms with E-state index in [4.69, 9.17) is 14.0 Å². The van der Waals surface area contributed by atoms with Crippen molar-refractivity contribution in [2.75, 3.05) is 7.11 Å². The third-order valence-electron chi connectivity index (χ3n) is 4.74. The van der Waals surface area contributed by atoms with E-state index in [-0.39, 0.29) is 11.4 Å².